The van der Waals surface area contributed by atoms with Gasteiger partial charge in [-0.05, 0) is 24.3 Å². The van der Waals surface area contributed by atoms with Gasteiger partial charge in [0.25, 0.3) is 0 Å². The van der Waals surface area contributed by atoms with Crippen LogP contribution in [-0.4, -0.2) is 58.7 Å². The molecule has 1 heterocycles. The van der Waals surface area contributed by atoms with Crippen molar-refractivity contribution in [2.75, 3.05) is 39.3 Å². The van der Waals surface area contributed by atoms with Crippen LogP contribution in [0.2, 0.25) is 0 Å². The summed E-state index contributed by atoms with van der Waals surface area (Å²) < 4.78 is 15.1. The number of nitrogens with one attached hydrogen (secondary N) is 2. The second kappa shape index (κ2) is 8.51. The fourth-order valence-electron chi connectivity index (χ4n) is 2.49. The molecule has 0 aliphatic carbocycles. The molecule has 1 saturated heterocycles. The Morgan fingerprint density at radius 3 is 2.50 bits per heavy atom. The molecule has 24 heavy (non-hydrogen) atoms. The van der Waals surface area contributed by atoms with Gasteiger partial charge < -0.3 is 29.7 Å². The first-order valence-corrected chi connectivity index (χ1v) is 7.61. The molecule has 8 heteroatoms. The molecule has 0 radical (unpaired) electrons. The molecule has 132 valence electrons. The molecule has 1 aliphatic heterocycles. The molecule has 2 N–H and O–H groups in total. The minimum Gasteiger partial charge on any atom is -0.497 e. The van der Waals surface area contributed by atoms with Gasteiger partial charge in [-0.25, -0.2) is 4.79 Å². The third-order valence-corrected chi connectivity index (χ3v) is 3.80. The average Bonchev–Trinajstić information content (AvgIpc) is 2.96. The highest BCUT2D eigenvalue weighted by Gasteiger charge is 2.31. The molecule has 8 nitrogen and oxygen atoms in total. The number of amides is 3. The first-order valence-electron chi connectivity index (χ1n) is 7.61. The van der Waals surface area contributed by atoms with E-state index in [2.05, 4.69) is 10.6 Å². The van der Waals surface area contributed by atoms with Crippen molar-refractivity contribution in [2.24, 2.45) is 0 Å². The van der Waals surface area contributed by atoms with E-state index in [-0.39, 0.29) is 30.9 Å². The summed E-state index contributed by atoms with van der Waals surface area (Å²) in [5, 5.41) is 5.44. The van der Waals surface area contributed by atoms with E-state index in [1.807, 2.05) is 12.1 Å². The number of anilines is 1. The summed E-state index contributed by atoms with van der Waals surface area (Å²) in [4.78, 5) is 25.7. The molecule has 0 spiro atoms. The molecule has 3 amide bonds. The molecule has 0 aromatic heterocycles. The number of carbonyl (C=O) groups excluding carboxylic acids is 2. The number of rotatable bonds is 7. The van der Waals surface area contributed by atoms with Crippen LogP contribution in [0, 0.1) is 0 Å². The second-order valence-corrected chi connectivity index (χ2v) is 5.36. The van der Waals surface area contributed by atoms with Crippen LogP contribution in [-0.2, 0) is 14.3 Å². The highest BCUT2D eigenvalue weighted by Crippen LogP contribution is 2.24. The highest BCUT2D eigenvalue weighted by molar-refractivity contribution is 5.96. The number of hydrogen-bond donors (Lipinski definition) is 2. The number of carbonyl (C=O) groups is 2. The van der Waals surface area contributed by atoms with E-state index in [1.165, 1.54) is 14.2 Å². The summed E-state index contributed by atoms with van der Waals surface area (Å²) in [6.45, 7) is 0.651. The number of benzene rings is 1. The van der Waals surface area contributed by atoms with E-state index in [1.54, 1.807) is 24.1 Å². The smallest absolute Gasteiger partial charge is 0.315 e. The number of methoxy groups -OCH3 is 3. The highest BCUT2D eigenvalue weighted by atomic mass is 16.7. The van der Waals surface area contributed by atoms with E-state index < -0.39 is 6.29 Å². The lowest BCUT2D eigenvalue weighted by atomic mass is 10.2. The Balaban J connectivity index is 1.86. The molecule has 1 fully saturated rings. The van der Waals surface area contributed by atoms with Gasteiger partial charge in [-0.15, -0.1) is 0 Å². The summed E-state index contributed by atoms with van der Waals surface area (Å²) in [7, 11) is 4.58. The SMILES string of the molecule is COc1ccc(N2C[C@H](NC(=O)NCC(OC)OC)CC2=O)cc1. The van der Waals surface area contributed by atoms with Crippen LogP contribution in [0.1, 0.15) is 6.42 Å². The fraction of sp³-hybridized carbons (Fsp3) is 0.500. The van der Waals surface area contributed by atoms with E-state index >= 15 is 0 Å². The van der Waals surface area contributed by atoms with Crippen molar-refractivity contribution in [1.82, 2.24) is 10.6 Å². The van der Waals surface area contributed by atoms with Gasteiger partial charge in [0.05, 0.1) is 19.7 Å². The monoisotopic (exact) mass is 337 g/mol. The maximum Gasteiger partial charge on any atom is 0.315 e. The van der Waals surface area contributed by atoms with Crippen LogP contribution < -0.4 is 20.3 Å². The van der Waals surface area contributed by atoms with Crippen molar-refractivity contribution in [3.63, 3.8) is 0 Å². The standard InChI is InChI=1S/C16H23N3O5/c1-22-13-6-4-12(5-7-13)19-10-11(8-14(19)20)18-16(21)17-9-15(23-2)24-3/h4-7,11,15H,8-10H2,1-3H3,(H2,17,18,21)/t11-/m1/s1. The number of ether oxygens (including phenoxy) is 3. The maximum atomic E-state index is 12.2. The van der Waals surface area contributed by atoms with Crippen LogP contribution in [0.4, 0.5) is 10.5 Å². The molecule has 1 atom stereocenters. The van der Waals surface area contributed by atoms with Gasteiger partial charge in [-0.1, -0.05) is 0 Å². The Kier molecular flexibility index (Phi) is 6.39. The van der Waals surface area contributed by atoms with Crippen molar-refractivity contribution >= 4 is 17.6 Å². The molecule has 1 aromatic carbocycles. The molecular weight excluding hydrogens is 314 g/mol. The van der Waals surface area contributed by atoms with E-state index in [0.717, 1.165) is 11.4 Å². The number of urea groups is 1. The van der Waals surface area contributed by atoms with Gasteiger partial charge in [-0.3, -0.25) is 4.79 Å². The molecule has 0 unspecified atom stereocenters. The van der Waals surface area contributed by atoms with Crippen LogP contribution in [0.15, 0.2) is 24.3 Å². The predicted molar refractivity (Wildman–Crippen MR) is 88.1 cm³/mol. The summed E-state index contributed by atoms with van der Waals surface area (Å²) in [6.07, 6.45) is -0.242. The van der Waals surface area contributed by atoms with E-state index in [4.69, 9.17) is 14.2 Å². The lowest BCUT2D eigenvalue weighted by molar-refractivity contribution is -0.117. The average molecular weight is 337 g/mol. The lowest BCUT2D eigenvalue weighted by Gasteiger charge is -2.18. The van der Waals surface area contributed by atoms with Crippen molar-refractivity contribution in [2.45, 2.75) is 18.8 Å². The van der Waals surface area contributed by atoms with E-state index in [9.17, 15) is 9.59 Å². The minimum atomic E-state index is -0.503. The van der Waals surface area contributed by atoms with Gasteiger partial charge >= 0.3 is 6.03 Å². The molecule has 0 saturated carbocycles. The predicted octanol–water partition coefficient (Wildman–Crippen LogP) is 0.719. The summed E-state index contributed by atoms with van der Waals surface area (Å²) in [5.41, 5.74) is 0.782. The van der Waals surface area contributed by atoms with Crippen molar-refractivity contribution in [1.29, 1.82) is 0 Å². The Hall–Kier alpha value is -2.32. The maximum absolute atomic E-state index is 12.2. The Labute approximate surface area is 141 Å². The molecule has 1 aliphatic rings. The van der Waals surface area contributed by atoms with Crippen LogP contribution in [0.5, 0.6) is 5.75 Å². The molecule has 1 aromatic rings. The largest absolute Gasteiger partial charge is 0.497 e. The summed E-state index contributed by atoms with van der Waals surface area (Å²) in [6, 6.07) is 6.63. The van der Waals surface area contributed by atoms with Crippen molar-refractivity contribution in [3.8, 4) is 5.75 Å². The lowest BCUT2D eigenvalue weighted by Crippen LogP contribution is -2.46. The zero-order chi connectivity index (χ0) is 17.5. The molecule has 0 bridgehead atoms. The zero-order valence-corrected chi connectivity index (χ0v) is 14.1. The topological polar surface area (TPSA) is 89.1 Å². The van der Waals surface area contributed by atoms with Gasteiger partial charge in [0, 0.05) is 32.9 Å². The van der Waals surface area contributed by atoms with E-state index in [0.29, 0.717) is 6.54 Å². The number of hydrogen-bond acceptors (Lipinski definition) is 5. The van der Waals surface area contributed by atoms with Crippen LogP contribution >= 0.6 is 0 Å². The Morgan fingerprint density at radius 2 is 1.92 bits per heavy atom. The van der Waals surface area contributed by atoms with Gasteiger partial charge in [0.2, 0.25) is 5.91 Å². The van der Waals surface area contributed by atoms with Gasteiger partial charge in [-0.2, -0.15) is 0 Å². The van der Waals surface area contributed by atoms with Crippen LogP contribution in [0.3, 0.4) is 0 Å². The van der Waals surface area contributed by atoms with Crippen molar-refractivity contribution < 1.29 is 23.8 Å². The minimum absolute atomic E-state index is 0.0304. The zero-order valence-electron chi connectivity index (χ0n) is 14.1. The first kappa shape index (κ1) is 18.0. The first-order chi connectivity index (χ1) is 11.6. The third kappa shape index (κ3) is 4.59. The van der Waals surface area contributed by atoms with Crippen molar-refractivity contribution in [3.05, 3.63) is 24.3 Å². The third-order valence-electron chi connectivity index (χ3n) is 3.80. The Bertz CT molecular complexity index is 559. The van der Waals surface area contributed by atoms with Gasteiger partial charge in [0.15, 0.2) is 6.29 Å². The quantitative estimate of drug-likeness (QED) is 0.716. The Morgan fingerprint density at radius 1 is 1.25 bits per heavy atom. The molecular formula is C16H23N3O5. The fourth-order valence-corrected chi connectivity index (χ4v) is 2.49. The second-order valence-electron chi connectivity index (χ2n) is 5.36. The van der Waals surface area contributed by atoms with Crippen LogP contribution in [0.25, 0.3) is 0 Å². The summed E-state index contributed by atoms with van der Waals surface area (Å²) in [5.74, 6) is 0.697. The summed E-state index contributed by atoms with van der Waals surface area (Å²) >= 11 is 0. The number of nitrogens with zero attached hydrogens (tertiary/aromatic N) is 1. The normalized spacial score (nSPS) is 17.2. The van der Waals surface area contributed by atoms with Gasteiger partial charge in [0.1, 0.15) is 5.75 Å². The molecule has 2 rings (SSSR count).